The summed E-state index contributed by atoms with van der Waals surface area (Å²) < 4.78 is 11.0. The van der Waals surface area contributed by atoms with Gasteiger partial charge < -0.3 is 30.1 Å². The third-order valence-corrected chi connectivity index (χ3v) is 5.86. The molecule has 7 nitrogen and oxygen atoms in total. The molecule has 1 atom stereocenters. The largest absolute Gasteiger partial charge is 0.492 e. The molecule has 0 spiro atoms. The Kier molecular flexibility index (Phi) is 10.8. The maximum absolute atomic E-state index is 10.7. The summed E-state index contributed by atoms with van der Waals surface area (Å²) in [5, 5.41) is 19.2. The van der Waals surface area contributed by atoms with Gasteiger partial charge in [-0.1, -0.05) is 18.2 Å². The molecule has 172 valence electrons. The van der Waals surface area contributed by atoms with Crippen LogP contribution in [0.4, 0.5) is 0 Å². The zero-order valence-electron chi connectivity index (χ0n) is 19.1. The van der Waals surface area contributed by atoms with Gasteiger partial charge in [-0.3, -0.25) is 0 Å². The van der Waals surface area contributed by atoms with Crippen molar-refractivity contribution in [3.63, 3.8) is 0 Å². The minimum absolute atomic E-state index is 0.374. The van der Waals surface area contributed by atoms with E-state index in [9.17, 15) is 5.11 Å². The summed E-state index contributed by atoms with van der Waals surface area (Å²) in [6.45, 7) is 8.52. The standard InChI is InChI=1S/C23H36N4O3S/c1-5-24-22(26-18-23(2,28)21-10-7-15-31-21)25-17-19-8-6-9-20(16-19)30-14-12-27(3)11-13-29-4/h6-10,15-16,28H,5,11-14,17-18H2,1-4H3,(H2,24,25,26). The van der Waals surface area contributed by atoms with Gasteiger partial charge in [0.25, 0.3) is 0 Å². The molecule has 0 saturated carbocycles. The minimum Gasteiger partial charge on any atom is -0.492 e. The van der Waals surface area contributed by atoms with Crippen LogP contribution in [0.2, 0.25) is 0 Å². The second-order valence-corrected chi connectivity index (χ2v) is 8.54. The van der Waals surface area contributed by atoms with E-state index in [0.29, 0.717) is 25.7 Å². The van der Waals surface area contributed by atoms with Crippen LogP contribution >= 0.6 is 11.3 Å². The van der Waals surface area contributed by atoms with Gasteiger partial charge in [0.2, 0.25) is 0 Å². The molecule has 0 saturated heterocycles. The molecule has 2 rings (SSSR count). The average Bonchev–Trinajstić information content (AvgIpc) is 3.31. The maximum Gasteiger partial charge on any atom is 0.191 e. The molecule has 0 aliphatic heterocycles. The van der Waals surface area contributed by atoms with E-state index in [1.165, 1.54) is 0 Å². The first kappa shape index (κ1) is 25.1. The summed E-state index contributed by atoms with van der Waals surface area (Å²) in [7, 11) is 3.76. The van der Waals surface area contributed by atoms with Crippen LogP contribution in [-0.4, -0.2) is 69.5 Å². The van der Waals surface area contributed by atoms with Crippen LogP contribution in [0.5, 0.6) is 5.75 Å². The van der Waals surface area contributed by atoms with E-state index in [1.54, 1.807) is 18.4 Å². The molecule has 1 aromatic heterocycles. The fourth-order valence-corrected chi connectivity index (χ4v) is 3.64. The van der Waals surface area contributed by atoms with Crippen LogP contribution < -0.4 is 15.4 Å². The Morgan fingerprint density at radius 2 is 2.00 bits per heavy atom. The smallest absolute Gasteiger partial charge is 0.191 e. The van der Waals surface area contributed by atoms with Crippen LogP contribution in [0.15, 0.2) is 46.8 Å². The van der Waals surface area contributed by atoms with E-state index < -0.39 is 5.60 Å². The van der Waals surface area contributed by atoms with Crippen LogP contribution in [0.3, 0.4) is 0 Å². The van der Waals surface area contributed by atoms with E-state index in [0.717, 1.165) is 42.4 Å². The molecule has 2 aromatic rings. The summed E-state index contributed by atoms with van der Waals surface area (Å²) >= 11 is 1.55. The number of nitrogens with zero attached hydrogens (tertiary/aromatic N) is 2. The molecule has 1 heterocycles. The average molecular weight is 449 g/mol. The van der Waals surface area contributed by atoms with E-state index in [4.69, 9.17) is 9.47 Å². The van der Waals surface area contributed by atoms with Gasteiger partial charge in [0.05, 0.1) is 19.7 Å². The zero-order chi connectivity index (χ0) is 22.5. The molecule has 0 radical (unpaired) electrons. The lowest BCUT2D eigenvalue weighted by atomic mass is 10.1. The summed E-state index contributed by atoms with van der Waals surface area (Å²) in [6, 6.07) is 11.9. The van der Waals surface area contributed by atoms with Crippen molar-refractivity contribution in [1.29, 1.82) is 0 Å². The number of nitrogens with one attached hydrogen (secondary N) is 2. The van der Waals surface area contributed by atoms with Gasteiger partial charge >= 0.3 is 0 Å². The van der Waals surface area contributed by atoms with E-state index in [1.807, 2.05) is 55.6 Å². The van der Waals surface area contributed by atoms with E-state index >= 15 is 0 Å². The van der Waals surface area contributed by atoms with Crippen molar-refractivity contribution < 1.29 is 14.6 Å². The Hall–Kier alpha value is -2.13. The number of thiophene rings is 1. The second-order valence-electron chi connectivity index (χ2n) is 7.59. The van der Waals surface area contributed by atoms with E-state index in [-0.39, 0.29) is 0 Å². The topological polar surface area (TPSA) is 78.4 Å². The molecule has 3 N–H and O–H groups in total. The lowest BCUT2D eigenvalue weighted by Gasteiger charge is -2.23. The van der Waals surface area contributed by atoms with Gasteiger partial charge in [-0.15, -0.1) is 11.3 Å². The van der Waals surface area contributed by atoms with Crippen molar-refractivity contribution in [3.8, 4) is 5.75 Å². The van der Waals surface area contributed by atoms with Crippen LogP contribution in [0.1, 0.15) is 24.3 Å². The normalized spacial score (nSPS) is 13.8. The zero-order valence-corrected chi connectivity index (χ0v) is 19.9. The van der Waals surface area contributed by atoms with Crippen molar-refractivity contribution in [3.05, 3.63) is 52.2 Å². The minimum atomic E-state index is -0.950. The summed E-state index contributed by atoms with van der Waals surface area (Å²) in [5.74, 6) is 1.51. The molecule has 31 heavy (non-hydrogen) atoms. The second kappa shape index (κ2) is 13.3. The van der Waals surface area contributed by atoms with Gasteiger partial charge in [-0.25, -0.2) is 4.99 Å². The van der Waals surface area contributed by atoms with Crippen molar-refractivity contribution in [1.82, 2.24) is 15.5 Å². The number of hydrogen-bond acceptors (Lipinski definition) is 6. The van der Waals surface area contributed by atoms with Gasteiger partial charge in [-0.2, -0.15) is 0 Å². The number of aliphatic hydroxyl groups is 1. The SMILES string of the molecule is CCNC(=NCc1cccc(OCCN(C)CCOC)c1)NCC(C)(O)c1cccs1. The molecule has 0 aliphatic carbocycles. The Labute approximate surface area is 190 Å². The van der Waals surface area contributed by atoms with Crippen molar-refractivity contribution in [2.45, 2.75) is 26.0 Å². The maximum atomic E-state index is 10.7. The molecular weight excluding hydrogens is 412 g/mol. The molecule has 0 amide bonds. The third kappa shape index (κ3) is 9.26. The number of benzene rings is 1. The number of methoxy groups -OCH3 is 1. The highest BCUT2D eigenvalue weighted by molar-refractivity contribution is 7.10. The summed E-state index contributed by atoms with van der Waals surface area (Å²) in [5.41, 5.74) is 0.113. The molecule has 0 aliphatic rings. The molecule has 8 heteroatoms. The molecular formula is C23H36N4O3S. The van der Waals surface area contributed by atoms with E-state index in [2.05, 4.69) is 27.6 Å². The lowest BCUT2D eigenvalue weighted by molar-refractivity contribution is 0.0655. The van der Waals surface area contributed by atoms with Gasteiger partial charge in [0, 0.05) is 31.6 Å². The third-order valence-electron chi connectivity index (χ3n) is 4.73. The lowest BCUT2D eigenvalue weighted by Crippen LogP contribution is -2.44. The van der Waals surface area contributed by atoms with Crippen molar-refractivity contribution in [2.75, 3.05) is 53.6 Å². The molecule has 1 unspecified atom stereocenters. The number of aliphatic imine (C=N–C) groups is 1. The first-order chi connectivity index (χ1) is 14.9. The number of ether oxygens (including phenoxy) is 2. The van der Waals surface area contributed by atoms with Gasteiger partial charge in [-0.05, 0) is 50.0 Å². The molecule has 0 bridgehead atoms. The molecule has 1 aromatic carbocycles. The number of hydrogen-bond donors (Lipinski definition) is 3. The first-order valence-electron chi connectivity index (χ1n) is 10.6. The Balaban J connectivity index is 1.88. The quantitative estimate of drug-likeness (QED) is 0.323. The van der Waals surface area contributed by atoms with Crippen molar-refractivity contribution in [2.24, 2.45) is 4.99 Å². The first-order valence-corrected chi connectivity index (χ1v) is 11.5. The predicted octanol–water partition coefficient (Wildman–Crippen LogP) is 2.67. The highest BCUT2D eigenvalue weighted by Gasteiger charge is 2.24. The number of rotatable bonds is 13. The highest BCUT2D eigenvalue weighted by atomic mass is 32.1. The van der Waals surface area contributed by atoms with Gasteiger partial charge in [0.1, 0.15) is 18.0 Å². The van der Waals surface area contributed by atoms with Crippen LogP contribution in [0.25, 0.3) is 0 Å². The fraction of sp³-hybridized carbons (Fsp3) is 0.522. The Morgan fingerprint density at radius 3 is 2.71 bits per heavy atom. The number of likely N-dealkylation sites (N-methyl/N-ethyl adjacent to an activating group) is 1. The van der Waals surface area contributed by atoms with Crippen LogP contribution in [-0.2, 0) is 16.9 Å². The highest BCUT2D eigenvalue weighted by Crippen LogP contribution is 2.24. The Bertz CT molecular complexity index is 781. The Morgan fingerprint density at radius 1 is 1.19 bits per heavy atom. The van der Waals surface area contributed by atoms with Crippen LogP contribution in [0, 0.1) is 0 Å². The molecule has 0 fully saturated rings. The van der Waals surface area contributed by atoms with Crippen molar-refractivity contribution >= 4 is 17.3 Å². The summed E-state index contributed by atoms with van der Waals surface area (Å²) in [6.07, 6.45) is 0. The summed E-state index contributed by atoms with van der Waals surface area (Å²) in [4.78, 5) is 7.76. The number of guanidine groups is 1. The fourth-order valence-electron chi connectivity index (χ4n) is 2.85. The monoisotopic (exact) mass is 448 g/mol. The predicted molar refractivity (Wildman–Crippen MR) is 128 cm³/mol. The van der Waals surface area contributed by atoms with Gasteiger partial charge in [0.15, 0.2) is 5.96 Å².